The molecule has 0 unspecified atom stereocenters. The number of para-hydroxylation sites is 2. The zero-order valence-electron chi connectivity index (χ0n) is 29.4. The molecular weight excluding hydrogens is 706 g/mol. The Morgan fingerprint density at radius 3 is 0.943 bits per heavy atom. The van der Waals surface area contributed by atoms with Crippen LogP contribution in [0.4, 0.5) is 0 Å². The Morgan fingerprint density at radius 1 is 0.396 bits per heavy atom. The van der Waals surface area contributed by atoms with Gasteiger partial charge in [-0.2, -0.15) is 0 Å². The molecule has 0 aliphatic carbocycles. The van der Waals surface area contributed by atoms with Gasteiger partial charge in [-0.1, -0.05) is 165 Å². The van der Waals surface area contributed by atoms with E-state index in [1.165, 1.54) is 0 Å². The van der Waals surface area contributed by atoms with E-state index in [-0.39, 0.29) is 32.3 Å². The molecule has 8 nitrogen and oxygen atoms in total. The second-order valence-electron chi connectivity index (χ2n) is 12.1. The predicted octanol–water partition coefficient (Wildman–Crippen LogP) is 12.1. The Bertz CT molecular complexity index is 1850. The highest BCUT2D eigenvalue weighted by Crippen LogP contribution is 2.55. The summed E-state index contributed by atoms with van der Waals surface area (Å²) in [6, 6.07) is 52.4. The van der Waals surface area contributed by atoms with Gasteiger partial charge in [0.25, 0.3) is 0 Å². The number of benzene rings is 6. The van der Waals surface area contributed by atoms with Crippen molar-refractivity contribution in [1.29, 1.82) is 0 Å². The summed E-state index contributed by atoms with van der Waals surface area (Å²) in [6.45, 7) is 2.09. The van der Waals surface area contributed by atoms with Gasteiger partial charge in [-0.05, 0) is 40.8 Å². The maximum Gasteiger partial charge on any atom is 0.530 e. The molecular formula is C43H42O8P2. The van der Waals surface area contributed by atoms with Crippen LogP contribution in [-0.4, -0.2) is 0 Å². The normalized spacial score (nSPS) is 11.7. The molecule has 10 heteroatoms. The first-order chi connectivity index (χ1) is 25.9. The first-order valence-electron chi connectivity index (χ1n) is 17.4. The second kappa shape index (κ2) is 18.8. The lowest BCUT2D eigenvalue weighted by Gasteiger charge is -2.26. The third-order valence-corrected chi connectivity index (χ3v) is 11.0. The SMILES string of the molecule is CCC(c1ccccc1OP(=O)(OCc1ccccc1)OCc1ccccc1)c1ccccc1OP(=O)(OCc1ccccc1)OCc1ccccc1. The Hall–Kier alpha value is -4.78. The highest BCUT2D eigenvalue weighted by Gasteiger charge is 2.34. The number of phosphoric ester groups is 2. The van der Waals surface area contributed by atoms with Gasteiger partial charge >= 0.3 is 15.6 Å². The van der Waals surface area contributed by atoms with E-state index < -0.39 is 15.6 Å². The molecule has 0 saturated carbocycles. The molecule has 0 aliphatic rings. The van der Waals surface area contributed by atoms with Gasteiger partial charge in [-0.25, -0.2) is 9.13 Å². The fourth-order valence-electron chi connectivity index (χ4n) is 5.64. The van der Waals surface area contributed by atoms with Crippen molar-refractivity contribution in [1.82, 2.24) is 0 Å². The average molecular weight is 749 g/mol. The molecule has 0 N–H and O–H groups in total. The van der Waals surface area contributed by atoms with Gasteiger partial charge in [-0.15, -0.1) is 0 Å². The molecule has 0 bridgehead atoms. The standard InChI is InChI=1S/C43H42O8P2/c1-2-39(40-27-15-17-29-42(40)50-52(44,46-31-35-19-7-3-8-20-35)47-32-36-21-9-4-10-22-36)41-28-16-18-30-43(41)51-53(45,48-33-37-23-11-5-12-24-37)49-34-38-25-13-6-14-26-38/h3-30,39H,2,31-34H2,1H3. The number of phosphoric acid groups is 2. The highest BCUT2D eigenvalue weighted by atomic mass is 31.2. The van der Waals surface area contributed by atoms with Crippen molar-refractivity contribution in [2.45, 2.75) is 45.7 Å². The van der Waals surface area contributed by atoms with E-state index in [0.717, 1.165) is 22.3 Å². The maximum absolute atomic E-state index is 14.4. The summed E-state index contributed by atoms with van der Waals surface area (Å²) in [7, 11) is -8.36. The zero-order valence-corrected chi connectivity index (χ0v) is 31.2. The second-order valence-corrected chi connectivity index (χ2v) is 15.3. The molecule has 0 saturated heterocycles. The van der Waals surface area contributed by atoms with Gasteiger partial charge in [0, 0.05) is 17.0 Å². The quantitative estimate of drug-likeness (QED) is 0.0756. The van der Waals surface area contributed by atoms with Crippen molar-refractivity contribution in [3.05, 3.63) is 203 Å². The van der Waals surface area contributed by atoms with Gasteiger partial charge in [0.05, 0.1) is 26.4 Å². The van der Waals surface area contributed by atoms with Crippen LogP contribution in [0.15, 0.2) is 170 Å². The van der Waals surface area contributed by atoms with Crippen LogP contribution in [0.3, 0.4) is 0 Å². The van der Waals surface area contributed by atoms with Crippen molar-refractivity contribution < 1.29 is 36.3 Å². The van der Waals surface area contributed by atoms with Gasteiger partial charge < -0.3 is 9.05 Å². The van der Waals surface area contributed by atoms with E-state index >= 15 is 0 Å². The fourth-order valence-corrected chi connectivity index (χ4v) is 8.05. The van der Waals surface area contributed by atoms with Crippen LogP contribution >= 0.6 is 15.6 Å². The minimum Gasteiger partial charge on any atom is -0.404 e. The molecule has 0 spiro atoms. The molecule has 0 radical (unpaired) electrons. The lowest BCUT2D eigenvalue weighted by molar-refractivity contribution is 0.142. The van der Waals surface area contributed by atoms with Crippen LogP contribution in [0, 0.1) is 0 Å². The van der Waals surface area contributed by atoms with E-state index in [0.29, 0.717) is 29.0 Å². The summed E-state index contributed by atoms with van der Waals surface area (Å²) in [5, 5.41) is 0. The van der Waals surface area contributed by atoms with Crippen LogP contribution in [0.1, 0.15) is 52.6 Å². The molecule has 6 aromatic carbocycles. The highest BCUT2D eigenvalue weighted by molar-refractivity contribution is 7.49. The Kier molecular flexibility index (Phi) is 13.5. The van der Waals surface area contributed by atoms with Crippen molar-refractivity contribution in [2.75, 3.05) is 0 Å². The van der Waals surface area contributed by atoms with Crippen LogP contribution in [0.25, 0.3) is 0 Å². The first kappa shape index (κ1) is 38.0. The lowest BCUT2D eigenvalue weighted by atomic mass is 9.88. The summed E-state index contributed by atoms with van der Waals surface area (Å²) >= 11 is 0. The molecule has 0 heterocycles. The Balaban J connectivity index is 1.28. The molecule has 0 aliphatic heterocycles. The predicted molar refractivity (Wildman–Crippen MR) is 206 cm³/mol. The van der Waals surface area contributed by atoms with Gasteiger partial charge in [-0.3, -0.25) is 18.1 Å². The maximum atomic E-state index is 14.4. The molecule has 0 aromatic heterocycles. The number of hydrogen-bond acceptors (Lipinski definition) is 8. The molecule has 53 heavy (non-hydrogen) atoms. The summed E-state index contributed by atoms with van der Waals surface area (Å²) in [6.07, 6.45) is 0.584. The van der Waals surface area contributed by atoms with E-state index in [1.54, 1.807) is 24.3 Å². The van der Waals surface area contributed by atoms with Crippen molar-refractivity contribution in [3.63, 3.8) is 0 Å². The molecule has 0 atom stereocenters. The minimum atomic E-state index is -4.18. The summed E-state index contributed by atoms with van der Waals surface area (Å²) in [5.41, 5.74) is 4.70. The molecule has 0 amide bonds. The van der Waals surface area contributed by atoms with Crippen LogP contribution in [0.5, 0.6) is 11.5 Å². The van der Waals surface area contributed by atoms with Crippen molar-refractivity contribution >= 4 is 15.6 Å². The minimum absolute atomic E-state index is 0.0181. The average Bonchev–Trinajstić information content (AvgIpc) is 3.21. The smallest absolute Gasteiger partial charge is 0.404 e. The van der Waals surface area contributed by atoms with Crippen molar-refractivity contribution in [3.8, 4) is 11.5 Å². The third kappa shape index (κ3) is 11.1. The first-order valence-corrected chi connectivity index (χ1v) is 20.3. The topological polar surface area (TPSA) is 89.5 Å². The Labute approximate surface area is 311 Å². The molecule has 6 rings (SSSR count). The zero-order chi connectivity index (χ0) is 36.8. The van der Waals surface area contributed by atoms with Gasteiger partial charge in [0.1, 0.15) is 11.5 Å². The third-order valence-electron chi connectivity index (χ3n) is 8.35. The summed E-state index contributed by atoms with van der Waals surface area (Å²) in [5.74, 6) is 0.292. The van der Waals surface area contributed by atoms with Crippen LogP contribution in [0.2, 0.25) is 0 Å². The molecule has 0 fully saturated rings. The monoisotopic (exact) mass is 748 g/mol. The van der Waals surface area contributed by atoms with E-state index in [2.05, 4.69) is 0 Å². The van der Waals surface area contributed by atoms with Crippen LogP contribution in [-0.2, 0) is 53.7 Å². The van der Waals surface area contributed by atoms with Crippen molar-refractivity contribution in [2.24, 2.45) is 0 Å². The summed E-state index contributed by atoms with van der Waals surface area (Å²) < 4.78 is 65.1. The van der Waals surface area contributed by atoms with E-state index in [9.17, 15) is 9.13 Å². The van der Waals surface area contributed by atoms with Gasteiger partial charge in [0.2, 0.25) is 0 Å². The largest absolute Gasteiger partial charge is 0.530 e. The lowest BCUT2D eigenvalue weighted by Crippen LogP contribution is -2.09. The molecule has 272 valence electrons. The van der Waals surface area contributed by atoms with E-state index in [1.807, 2.05) is 153 Å². The summed E-state index contributed by atoms with van der Waals surface area (Å²) in [4.78, 5) is 0. The number of rotatable bonds is 19. The van der Waals surface area contributed by atoms with E-state index in [4.69, 9.17) is 27.1 Å². The van der Waals surface area contributed by atoms with Crippen LogP contribution < -0.4 is 9.05 Å². The fraction of sp³-hybridized carbons (Fsp3) is 0.163. The van der Waals surface area contributed by atoms with Gasteiger partial charge in [0.15, 0.2) is 0 Å². The number of hydrogen-bond donors (Lipinski definition) is 0. The molecule has 6 aromatic rings. The Morgan fingerprint density at radius 2 is 0.660 bits per heavy atom.